The lowest BCUT2D eigenvalue weighted by atomic mass is 10.1. The second kappa shape index (κ2) is 6.99. The zero-order valence-electron chi connectivity index (χ0n) is 14.1. The van der Waals surface area contributed by atoms with E-state index >= 15 is 0 Å². The smallest absolute Gasteiger partial charge is 0.262 e. The van der Waals surface area contributed by atoms with E-state index in [9.17, 15) is 14.4 Å². The predicted octanol–water partition coefficient (Wildman–Crippen LogP) is 2.58. The summed E-state index contributed by atoms with van der Waals surface area (Å²) in [6.45, 7) is 0.979. The number of carbonyl (C=O) groups is 3. The maximum atomic E-state index is 12.7. The zero-order chi connectivity index (χ0) is 18.1. The normalized spacial score (nSPS) is 20.2. The van der Waals surface area contributed by atoms with Crippen molar-refractivity contribution >= 4 is 29.5 Å². The highest BCUT2D eigenvalue weighted by atomic mass is 32.2. The maximum absolute atomic E-state index is 12.7. The van der Waals surface area contributed by atoms with Crippen LogP contribution in [0.15, 0.2) is 47.1 Å². The highest BCUT2D eigenvalue weighted by molar-refractivity contribution is 7.99. The van der Waals surface area contributed by atoms with Crippen LogP contribution in [-0.2, 0) is 4.79 Å². The molecule has 134 valence electrons. The van der Waals surface area contributed by atoms with E-state index < -0.39 is 11.8 Å². The van der Waals surface area contributed by atoms with Crippen LogP contribution in [0.25, 0.3) is 0 Å². The molecule has 3 amide bonds. The third-order valence-corrected chi connectivity index (χ3v) is 6.01. The number of carbonyl (C=O) groups excluding carboxylic acids is 3. The van der Waals surface area contributed by atoms with Gasteiger partial charge in [-0.05, 0) is 30.7 Å². The summed E-state index contributed by atoms with van der Waals surface area (Å²) in [6, 6.07) is 10.5. The number of fused-ring (bicyclic) bond motifs is 1. The summed E-state index contributed by atoms with van der Waals surface area (Å²) >= 11 is 1.76. The van der Waals surface area contributed by atoms with Gasteiger partial charge in [0.15, 0.2) is 0 Å². The molecule has 4 rings (SSSR count). The second-order valence-corrected chi connectivity index (χ2v) is 7.60. The molecule has 2 aliphatic heterocycles. The van der Waals surface area contributed by atoms with E-state index in [1.165, 1.54) is 0 Å². The highest BCUT2D eigenvalue weighted by Crippen LogP contribution is 2.34. The van der Waals surface area contributed by atoms with Crippen molar-refractivity contribution in [2.45, 2.75) is 11.7 Å². The lowest BCUT2D eigenvalue weighted by Crippen LogP contribution is -2.43. The number of amides is 3. The zero-order valence-corrected chi connectivity index (χ0v) is 14.9. The molecule has 1 unspecified atom stereocenters. The fraction of sp³-hybridized carbons (Fsp3) is 0.316. The molecule has 26 heavy (non-hydrogen) atoms. The van der Waals surface area contributed by atoms with E-state index in [0.29, 0.717) is 24.2 Å². The van der Waals surface area contributed by atoms with Gasteiger partial charge in [-0.25, -0.2) is 0 Å². The molecule has 0 aliphatic carbocycles. The molecule has 0 N–H and O–H groups in total. The fourth-order valence-corrected chi connectivity index (χ4v) is 4.52. The molecular formula is C19H18N2O4S. The molecule has 1 fully saturated rings. The van der Waals surface area contributed by atoms with Gasteiger partial charge in [0.25, 0.3) is 11.8 Å². The second-order valence-electron chi connectivity index (χ2n) is 6.29. The van der Waals surface area contributed by atoms with Gasteiger partial charge in [0.05, 0.1) is 22.6 Å². The van der Waals surface area contributed by atoms with Crippen molar-refractivity contribution in [3.05, 3.63) is 59.5 Å². The minimum Gasteiger partial charge on any atom is -0.468 e. The number of furan rings is 1. The van der Waals surface area contributed by atoms with Crippen LogP contribution in [-0.4, -0.2) is 52.9 Å². The Balaban J connectivity index is 1.41. The molecule has 0 saturated carbocycles. The molecule has 0 bridgehead atoms. The monoisotopic (exact) mass is 370 g/mol. The SMILES string of the molecule is O=C(CN1C(=O)c2ccccc2C1=O)N1CCSC(c2ccco2)CC1. The number of hydrogen-bond donors (Lipinski definition) is 0. The summed E-state index contributed by atoms with van der Waals surface area (Å²) < 4.78 is 5.47. The van der Waals surface area contributed by atoms with Crippen LogP contribution in [0, 0.1) is 0 Å². The Bertz CT molecular complexity index is 814. The molecule has 1 saturated heterocycles. The largest absolute Gasteiger partial charge is 0.468 e. The lowest BCUT2D eigenvalue weighted by Gasteiger charge is -2.23. The number of hydrogen-bond acceptors (Lipinski definition) is 5. The first kappa shape index (κ1) is 16.9. The van der Waals surface area contributed by atoms with Gasteiger partial charge in [-0.2, -0.15) is 0 Å². The quantitative estimate of drug-likeness (QED) is 0.777. The number of thioether (sulfide) groups is 1. The molecule has 3 heterocycles. The summed E-state index contributed by atoms with van der Waals surface area (Å²) in [4.78, 5) is 40.3. The first-order valence-electron chi connectivity index (χ1n) is 8.53. The fourth-order valence-electron chi connectivity index (χ4n) is 3.34. The molecule has 0 radical (unpaired) electrons. The highest BCUT2D eigenvalue weighted by Gasteiger charge is 2.37. The molecule has 1 aromatic heterocycles. The number of benzene rings is 1. The molecule has 2 aromatic rings. The molecule has 1 atom stereocenters. The van der Waals surface area contributed by atoms with Crippen LogP contribution >= 0.6 is 11.8 Å². The van der Waals surface area contributed by atoms with Crippen LogP contribution in [0.1, 0.15) is 38.1 Å². The summed E-state index contributed by atoms with van der Waals surface area (Å²) in [5, 5.41) is 0.224. The van der Waals surface area contributed by atoms with Gasteiger partial charge in [0, 0.05) is 18.8 Å². The van der Waals surface area contributed by atoms with Gasteiger partial charge in [-0.1, -0.05) is 12.1 Å². The summed E-state index contributed by atoms with van der Waals surface area (Å²) in [5.74, 6) is 0.734. The summed E-state index contributed by atoms with van der Waals surface area (Å²) in [6.07, 6.45) is 2.44. The van der Waals surface area contributed by atoms with E-state index in [-0.39, 0.29) is 17.7 Å². The minimum absolute atomic E-state index is 0.194. The average Bonchev–Trinajstić information content (AvgIpc) is 3.18. The van der Waals surface area contributed by atoms with Crippen LogP contribution < -0.4 is 0 Å². The van der Waals surface area contributed by atoms with E-state index in [4.69, 9.17) is 4.42 Å². The predicted molar refractivity (Wildman–Crippen MR) is 96.9 cm³/mol. The molecule has 7 heteroatoms. The van der Waals surface area contributed by atoms with Crippen LogP contribution in [0.4, 0.5) is 0 Å². The Morgan fingerprint density at radius 1 is 1.08 bits per heavy atom. The average molecular weight is 370 g/mol. The van der Waals surface area contributed by atoms with E-state index in [0.717, 1.165) is 22.8 Å². The molecular weight excluding hydrogens is 352 g/mol. The molecule has 1 aromatic carbocycles. The standard InChI is InChI=1S/C19H18N2O4S/c22-17(12-21-18(23)13-4-1-2-5-14(13)19(21)24)20-8-7-16(26-11-9-20)15-6-3-10-25-15/h1-6,10,16H,7-9,11-12H2. The molecule has 6 nitrogen and oxygen atoms in total. The van der Waals surface area contributed by atoms with Crippen LogP contribution in [0.3, 0.4) is 0 Å². The van der Waals surface area contributed by atoms with Crippen LogP contribution in [0.5, 0.6) is 0 Å². The van der Waals surface area contributed by atoms with Gasteiger partial charge >= 0.3 is 0 Å². The van der Waals surface area contributed by atoms with Crippen LogP contribution in [0.2, 0.25) is 0 Å². The van der Waals surface area contributed by atoms with Crippen molar-refractivity contribution in [1.29, 1.82) is 0 Å². The first-order chi connectivity index (χ1) is 12.6. The Morgan fingerprint density at radius 3 is 2.46 bits per heavy atom. The molecule has 0 spiro atoms. The number of imide groups is 1. The lowest BCUT2D eigenvalue weighted by molar-refractivity contribution is -0.131. The van der Waals surface area contributed by atoms with Crippen molar-refractivity contribution in [2.75, 3.05) is 25.4 Å². The maximum Gasteiger partial charge on any atom is 0.262 e. The Kier molecular flexibility index (Phi) is 4.55. The van der Waals surface area contributed by atoms with Gasteiger partial charge in [-0.3, -0.25) is 19.3 Å². The van der Waals surface area contributed by atoms with Gasteiger partial charge in [-0.15, -0.1) is 11.8 Å². The number of nitrogens with zero attached hydrogens (tertiary/aromatic N) is 2. The van der Waals surface area contributed by atoms with Crippen molar-refractivity contribution < 1.29 is 18.8 Å². The first-order valence-corrected chi connectivity index (χ1v) is 9.58. The van der Waals surface area contributed by atoms with E-state index in [2.05, 4.69) is 0 Å². The Morgan fingerprint density at radius 2 is 1.81 bits per heavy atom. The summed E-state index contributed by atoms with van der Waals surface area (Å²) in [5.41, 5.74) is 0.740. The third-order valence-electron chi connectivity index (χ3n) is 4.73. The summed E-state index contributed by atoms with van der Waals surface area (Å²) in [7, 11) is 0. The third kappa shape index (κ3) is 3.03. The van der Waals surface area contributed by atoms with Crippen molar-refractivity contribution in [3.8, 4) is 0 Å². The Hall–Kier alpha value is -2.54. The van der Waals surface area contributed by atoms with Gasteiger partial charge in [0.1, 0.15) is 12.3 Å². The minimum atomic E-state index is -0.392. The van der Waals surface area contributed by atoms with E-state index in [1.54, 1.807) is 47.2 Å². The molecule has 2 aliphatic rings. The van der Waals surface area contributed by atoms with E-state index in [1.807, 2.05) is 12.1 Å². The van der Waals surface area contributed by atoms with Crippen molar-refractivity contribution in [2.24, 2.45) is 0 Å². The van der Waals surface area contributed by atoms with Crippen molar-refractivity contribution in [1.82, 2.24) is 9.80 Å². The van der Waals surface area contributed by atoms with Gasteiger partial charge < -0.3 is 9.32 Å². The Labute approximate surface area is 155 Å². The topological polar surface area (TPSA) is 70.8 Å². The van der Waals surface area contributed by atoms with Gasteiger partial charge in [0.2, 0.25) is 5.91 Å². The van der Waals surface area contributed by atoms with Crippen molar-refractivity contribution in [3.63, 3.8) is 0 Å². The number of rotatable bonds is 3.